The highest BCUT2D eigenvalue weighted by atomic mass is 16.5. The molecule has 0 spiro atoms. The highest BCUT2D eigenvalue weighted by Crippen LogP contribution is 2.44. The van der Waals surface area contributed by atoms with E-state index in [1.807, 2.05) is 48.5 Å². The van der Waals surface area contributed by atoms with Crippen LogP contribution in [-0.2, 0) is 9.53 Å². The number of esters is 1. The fourth-order valence-corrected chi connectivity index (χ4v) is 2.59. The summed E-state index contributed by atoms with van der Waals surface area (Å²) in [5.41, 5.74) is 1.74. The van der Waals surface area contributed by atoms with Gasteiger partial charge in [0.25, 0.3) is 0 Å². The Morgan fingerprint density at radius 3 is 2.18 bits per heavy atom. The zero-order chi connectivity index (χ0) is 15.5. The smallest absolute Gasteiger partial charge is 0.318 e. The SMILES string of the molecule is CC[C@H](C)COC(=O)C1c2ccccc2Oc2ccccc21. The highest BCUT2D eigenvalue weighted by Gasteiger charge is 2.33. The number of para-hydroxylation sites is 2. The van der Waals surface area contributed by atoms with Gasteiger partial charge in [-0.3, -0.25) is 4.79 Å². The minimum absolute atomic E-state index is 0.205. The second-order valence-corrected chi connectivity index (χ2v) is 5.75. The molecule has 3 nitrogen and oxygen atoms in total. The first kappa shape index (κ1) is 14.6. The predicted octanol–water partition coefficient (Wildman–Crippen LogP) is 4.51. The fraction of sp³-hybridized carbons (Fsp3) is 0.316. The molecule has 22 heavy (non-hydrogen) atoms. The molecular weight excluding hydrogens is 276 g/mol. The van der Waals surface area contributed by atoms with Crippen molar-refractivity contribution in [1.29, 1.82) is 0 Å². The van der Waals surface area contributed by atoms with Crippen molar-refractivity contribution in [2.24, 2.45) is 5.92 Å². The zero-order valence-corrected chi connectivity index (χ0v) is 12.9. The van der Waals surface area contributed by atoms with Crippen LogP contribution in [0.25, 0.3) is 0 Å². The summed E-state index contributed by atoms with van der Waals surface area (Å²) >= 11 is 0. The zero-order valence-electron chi connectivity index (χ0n) is 12.9. The standard InChI is InChI=1S/C19H20O3/c1-3-13(2)12-21-19(20)18-14-8-4-6-10-16(14)22-17-11-7-5-9-15(17)18/h4-11,13,18H,3,12H2,1-2H3/t13-/m0/s1. The molecule has 2 aromatic carbocycles. The number of hydrogen-bond donors (Lipinski definition) is 0. The first-order chi connectivity index (χ1) is 10.7. The summed E-state index contributed by atoms with van der Waals surface area (Å²) < 4.78 is 11.5. The summed E-state index contributed by atoms with van der Waals surface area (Å²) in [5.74, 6) is 1.21. The third-order valence-corrected chi connectivity index (χ3v) is 4.12. The molecule has 1 aliphatic heterocycles. The fourth-order valence-electron chi connectivity index (χ4n) is 2.59. The van der Waals surface area contributed by atoms with Crippen LogP contribution in [0.1, 0.15) is 37.3 Å². The molecule has 1 atom stereocenters. The van der Waals surface area contributed by atoms with E-state index in [-0.39, 0.29) is 5.97 Å². The Labute approximate surface area is 130 Å². The van der Waals surface area contributed by atoms with Crippen molar-refractivity contribution >= 4 is 5.97 Å². The Morgan fingerprint density at radius 1 is 1.09 bits per heavy atom. The number of rotatable bonds is 4. The van der Waals surface area contributed by atoms with Crippen LogP contribution in [0, 0.1) is 5.92 Å². The Morgan fingerprint density at radius 2 is 1.64 bits per heavy atom. The lowest BCUT2D eigenvalue weighted by Crippen LogP contribution is -2.23. The molecule has 0 unspecified atom stereocenters. The minimum atomic E-state index is -0.412. The van der Waals surface area contributed by atoms with Gasteiger partial charge in [0, 0.05) is 11.1 Å². The molecule has 3 heteroatoms. The van der Waals surface area contributed by atoms with Gasteiger partial charge in [0.15, 0.2) is 0 Å². The quantitative estimate of drug-likeness (QED) is 0.778. The van der Waals surface area contributed by atoms with Crippen LogP contribution in [0.2, 0.25) is 0 Å². The Hall–Kier alpha value is -2.29. The van der Waals surface area contributed by atoms with Crippen LogP contribution >= 0.6 is 0 Å². The van der Waals surface area contributed by atoms with Gasteiger partial charge in [0.05, 0.1) is 6.61 Å². The highest BCUT2D eigenvalue weighted by molar-refractivity contribution is 5.85. The summed E-state index contributed by atoms with van der Waals surface area (Å²) in [4.78, 5) is 12.7. The van der Waals surface area contributed by atoms with E-state index < -0.39 is 5.92 Å². The first-order valence-corrected chi connectivity index (χ1v) is 7.73. The van der Waals surface area contributed by atoms with E-state index >= 15 is 0 Å². The molecule has 1 heterocycles. The molecule has 0 aromatic heterocycles. The van der Waals surface area contributed by atoms with Gasteiger partial charge in [-0.2, -0.15) is 0 Å². The maximum atomic E-state index is 12.7. The Bertz CT molecular complexity index is 632. The summed E-state index contributed by atoms with van der Waals surface area (Å²) in [6.45, 7) is 4.63. The number of benzene rings is 2. The molecule has 0 amide bonds. The normalized spacial score (nSPS) is 14.5. The molecule has 0 fully saturated rings. The molecule has 0 radical (unpaired) electrons. The van der Waals surface area contributed by atoms with Crippen LogP contribution in [0.15, 0.2) is 48.5 Å². The molecule has 0 aliphatic carbocycles. The third-order valence-electron chi connectivity index (χ3n) is 4.12. The Balaban J connectivity index is 1.94. The number of hydrogen-bond acceptors (Lipinski definition) is 3. The Kier molecular flexibility index (Phi) is 4.14. The van der Waals surface area contributed by atoms with Gasteiger partial charge in [-0.1, -0.05) is 56.7 Å². The van der Waals surface area contributed by atoms with Crippen molar-refractivity contribution in [1.82, 2.24) is 0 Å². The largest absolute Gasteiger partial charge is 0.465 e. The van der Waals surface area contributed by atoms with E-state index in [4.69, 9.17) is 9.47 Å². The average Bonchev–Trinajstić information content (AvgIpc) is 2.57. The van der Waals surface area contributed by atoms with Crippen molar-refractivity contribution in [2.45, 2.75) is 26.2 Å². The van der Waals surface area contributed by atoms with Crippen molar-refractivity contribution < 1.29 is 14.3 Å². The van der Waals surface area contributed by atoms with Gasteiger partial charge in [-0.05, 0) is 18.1 Å². The molecule has 0 saturated carbocycles. The average molecular weight is 296 g/mol. The first-order valence-electron chi connectivity index (χ1n) is 7.73. The monoisotopic (exact) mass is 296 g/mol. The van der Waals surface area contributed by atoms with Gasteiger partial charge in [-0.25, -0.2) is 0 Å². The molecule has 114 valence electrons. The molecular formula is C19H20O3. The van der Waals surface area contributed by atoms with Gasteiger partial charge in [0.1, 0.15) is 17.4 Å². The second kappa shape index (κ2) is 6.22. The lowest BCUT2D eigenvalue weighted by Gasteiger charge is -2.27. The molecule has 0 bridgehead atoms. The van der Waals surface area contributed by atoms with E-state index in [2.05, 4.69) is 13.8 Å². The van der Waals surface area contributed by atoms with Crippen molar-refractivity contribution in [3.8, 4) is 11.5 Å². The van der Waals surface area contributed by atoms with Crippen LogP contribution < -0.4 is 4.74 Å². The summed E-state index contributed by atoms with van der Waals surface area (Å²) in [7, 11) is 0. The topological polar surface area (TPSA) is 35.5 Å². The van der Waals surface area contributed by atoms with Crippen molar-refractivity contribution in [3.05, 3.63) is 59.7 Å². The molecule has 3 rings (SSSR count). The molecule has 0 N–H and O–H groups in total. The number of carbonyl (C=O) groups is 1. The van der Waals surface area contributed by atoms with Gasteiger partial charge < -0.3 is 9.47 Å². The van der Waals surface area contributed by atoms with Crippen LogP contribution in [0.4, 0.5) is 0 Å². The van der Waals surface area contributed by atoms with E-state index in [0.717, 1.165) is 29.0 Å². The summed E-state index contributed by atoms with van der Waals surface area (Å²) in [6, 6.07) is 15.3. The number of ether oxygens (including phenoxy) is 2. The maximum Gasteiger partial charge on any atom is 0.318 e. The number of fused-ring (bicyclic) bond motifs is 2. The van der Waals surface area contributed by atoms with E-state index in [9.17, 15) is 4.79 Å². The molecule has 0 saturated heterocycles. The number of carbonyl (C=O) groups excluding carboxylic acids is 1. The van der Waals surface area contributed by atoms with Crippen LogP contribution in [0.5, 0.6) is 11.5 Å². The lowest BCUT2D eigenvalue weighted by atomic mass is 9.88. The van der Waals surface area contributed by atoms with E-state index in [0.29, 0.717) is 12.5 Å². The van der Waals surface area contributed by atoms with Gasteiger partial charge in [0.2, 0.25) is 0 Å². The second-order valence-electron chi connectivity index (χ2n) is 5.75. The van der Waals surface area contributed by atoms with Crippen molar-refractivity contribution in [2.75, 3.05) is 6.61 Å². The van der Waals surface area contributed by atoms with E-state index in [1.54, 1.807) is 0 Å². The van der Waals surface area contributed by atoms with Crippen LogP contribution in [0.3, 0.4) is 0 Å². The van der Waals surface area contributed by atoms with E-state index in [1.165, 1.54) is 0 Å². The maximum absolute atomic E-state index is 12.7. The third kappa shape index (κ3) is 2.71. The van der Waals surface area contributed by atoms with Crippen LogP contribution in [-0.4, -0.2) is 12.6 Å². The summed E-state index contributed by atoms with van der Waals surface area (Å²) in [6.07, 6.45) is 0.994. The lowest BCUT2D eigenvalue weighted by molar-refractivity contribution is -0.145. The summed E-state index contributed by atoms with van der Waals surface area (Å²) in [5, 5.41) is 0. The minimum Gasteiger partial charge on any atom is -0.465 e. The molecule has 2 aromatic rings. The van der Waals surface area contributed by atoms with Crippen molar-refractivity contribution in [3.63, 3.8) is 0 Å². The predicted molar refractivity (Wildman–Crippen MR) is 85.2 cm³/mol. The van der Waals surface area contributed by atoms with Gasteiger partial charge >= 0.3 is 5.97 Å². The van der Waals surface area contributed by atoms with Gasteiger partial charge in [-0.15, -0.1) is 0 Å². The molecule has 1 aliphatic rings.